The van der Waals surface area contributed by atoms with Crippen LogP contribution in [0.15, 0.2) is 48.5 Å². The van der Waals surface area contributed by atoms with Gasteiger partial charge in [0.2, 0.25) is 0 Å². The lowest BCUT2D eigenvalue weighted by Gasteiger charge is -2.10. The summed E-state index contributed by atoms with van der Waals surface area (Å²) in [6.45, 7) is 3.77. The number of carboxylic acid groups (broad SMARTS) is 2. The maximum atomic E-state index is 12.2. The van der Waals surface area contributed by atoms with Crippen molar-refractivity contribution in [3.63, 3.8) is 0 Å². The molecule has 8 heteroatoms. The Bertz CT molecular complexity index is 1070. The summed E-state index contributed by atoms with van der Waals surface area (Å²) in [6, 6.07) is 12.6. The zero-order valence-corrected chi connectivity index (χ0v) is 15.7. The summed E-state index contributed by atoms with van der Waals surface area (Å²) in [4.78, 5) is 35.1. The topological polar surface area (TPSA) is 119 Å². The number of carbonyl (C=O) groups is 3. The number of nitrogens with zero attached hydrogens (tertiary/aromatic N) is 2. The summed E-state index contributed by atoms with van der Waals surface area (Å²) >= 11 is 0. The van der Waals surface area contributed by atoms with Crippen molar-refractivity contribution in [1.82, 2.24) is 9.78 Å². The number of aromatic nitrogens is 2. The molecule has 0 aliphatic carbocycles. The van der Waals surface area contributed by atoms with E-state index in [1.165, 1.54) is 22.9 Å². The van der Waals surface area contributed by atoms with Gasteiger partial charge in [0, 0.05) is 5.56 Å². The fourth-order valence-electron chi connectivity index (χ4n) is 2.79. The van der Waals surface area contributed by atoms with Crippen LogP contribution in [0.5, 0.6) is 0 Å². The molecule has 148 valence electrons. The number of carbonyl (C=O) groups excluding carboxylic acids is 1. The summed E-state index contributed by atoms with van der Waals surface area (Å²) < 4.78 is 6.35. The third-order valence-corrected chi connectivity index (χ3v) is 4.20. The minimum atomic E-state index is -1.27. The van der Waals surface area contributed by atoms with E-state index in [0.29, 0.717) is 5.69 Å². The van der Waals surface area contributed by atoms with Gasteiger partial charge in [-0.15, -0.1) is 0 Å². The van der Waals surface area contributed by atoms with Gasteiger partial charge in [-0.05, 0) is 38.1 Å². The number of hydrogen-bond acceptors (Lipinski definition) is 5. The highest BCUT2D eigenvalue weighted by Gasteiger charge is 2.20. The van der Waals surface area contributed by atoms with Crippen LogP contribution in [0.2, 0.25) is 0 Å². The van der Waals surface area contributed by atoms with E-state index in [-0.39, 0.29) is 29.1 Å². The van der Waals surface area contributed by atoms with Crippen LogP contribution < -0.4 is 0 Å². The summed E-state index contributed by atoms with van der Waals surface area (Å²) in [7, 11) is 0. The number of carboxylic acids is 2. The van der Waals surface area contributed by atoms with Crippen molar-refractivity contribution in [3.8, 4) is 16.9 Å². The van der Waals surface area contributed by atoms with Gasteiger partial charge < -0.3 is 14.9 Å². The molecule has 0 aliphatic rings. The molecule has 3 aromatic rings. The molecule has 2 aromatic carbocycles. The molecule has 0 radical (unpaired) electrons. The standard InChI is InChI=1S/C21H18N2O6/c1-3-29-21(28)17-11-18(13-6-4-12(2)5-7-13)23(22-17)16-9-14(19(24)25)8-15(10-16)20(26)27/h4-11H,3H2,1-2H3,(H,24,25)(H,26,27). The van der Waals surface area contributed by atoms with Gasteiger partial charge in [-0.3, -0.25) is 0 Å². The lowest BCUT2D eigenvalue weighted by molar-refractivity contribution is 0.0517. The Balaban J connectivity index is 2.24. The third-order valence-electron chi connectivity index (χ3n) is 4.20. The maximum Gasteiger partial charge on any atom is 0.358 e. The van der Waals surface area contributed by atoms with Gasteiger partial charge in [-0.1, -0.05) is 29.8 Å². The number of rotatable bonds is 6. The lowest BCUT2D eigenvalue weighted by Crippen LogP contribution is -2.09. The van der Waals surface area contributed by atoms with Crippen molar-refractivity contribution >= 4 is 17.9 Å². The van der Waals surface area contributed by atoms with Gasteiger partial charge in [0.1, 0.15) is 0 Å². The number of esters is 1. The SMILES string of the molecule is CCOC(=O)c1cc(-c2ccc(C)cc2)n(-c2cc(C(=O)O)cc(C(=O)O)c2)n1. The van der Waals surface area contributed by atoms with Crippen LogP contribution in [-0.2, 0) is 4.74 Å². The van der Waals surface area contributed by atoms with Crippen LogP contribution in [0.25, 0.3) is 16.9 Å². The van der Waals surface area contributed by atoms with Gasteiger partial charge in [0.15, 0.2) is 5.69 Å². The minimum Gasteiger partial charge on any atom is -0.478 e. The molecule has 2 N–H and O–H groups in total. The molecule has 0 fully saturated rings. The van der Waals surface area contributed by atoms with Gasteiger partial charge in [0.25, 0.3) is 0 Å². The molecule has 0 unspecified atom stereocenters. The predicted molar refractivity (Wildman–Crippen MR) is 104 cm³/mol. The van der Waals surface area contributed by atoms with Crippen LogP contribution in [-0.4, -0.2) is 44.5 Å². The van der Waals surface area contributed by atoms with E-state index in [1.54, 1.807) is 6.92 Å². The van der Waals surface area contributed by atoms with Crippen LogP contribution in [0.4, 0.5) is 0 Å². The number of benzene rings is 2. The molecule has 0 atom stereocenters. The third kappa shape index (κ3) is 4.16. The number of hydrogen-bond donors (Lipinski definition) is 2. The highest BCUT2D eigenvalue weighted by Crippen LogP contribution is 2.26. The second-order valence-corrected chi connectivity index (χ2v) is 6.29. The molecule has 0 aliphatic heterocycles. The lowest BCUT2D eigenvalue weighted by atomic mass is 10.1. The molecular formula is C21H18N2O6. The maximum absolute atomic E-state index is 12.2. The quantitative estimate of drug-likeness (QED) is 0.615. The van der Waals surface area contributed by atoms with E-state index in [9.17, 15) is 24.6 Å². The van der Waals surface area contributed by atoms with E-state index in [4.69, 9.17) is 4.74 Å². The molecule has 29 heavy (non-hydrogen) atoms. The highest BCUT2D eigenvalue weighted by molar-refractivity contribution is 5.95. The molecule has 1 aromatic heterocycles. The fourth-order valence-corrected chi connectivity index (χ4v) is 2.79. The first-order chi connectivity index (χ1) is 13.8. The highest BCUT2D eigenvalue weighted by atomic mass is 16.5. The van der Waals surface area contributed by atoms with Crippen LogP contribution in [0.1, 0.15) is 43.7 Å². The Kier molecular flexibility index (Phi) is 5.45. The zero-order valence-electron chi connectivity index (χ0n) is 15.7. The largest absolute Gasteiger partial charge is 0.478 e. The first-order valence-electron chi connectivity index (χ1n) is 8.76. The van der Waals surface area contributed by atoms with Crippen molar-refractivity contribution in [1.29, 1.82) is 0 Å². The second kappa shape index (κ2) is 7.97. The number of aryl methyl sites for hydroxylation is 1. The Hall–Kier alpha value is -3.94. The molecule has 3 rings (SSSR count). The zero-order chi connectivity index (χ0) is 21.1. The molecule has 8 nitrogen and oxygen atoms in total. The van der Waals surface area contributed by atoms with E-state index in [1.807, 2.05) is 31.2 Å². The molecule has 0 bridgehead atoms. The average molecular weight is 394 g/mol. The van der Waals surface area contributed by atoms with Gasteiger partial charge >= 0.3 is 17.9 Å². The van der Waals surface area contributed by atoms with Gasteiger partial charge in [-0.25, -0.2) is 19.1 Å². The first-order valence-corrected chi connectivity index (χ1v) is 8.76. The summed E-state index contributed by atoms with van der Waals surface area (Å²) in [5.74, 6) is -3.18. The predicted octanol–water partition coefficient (Wildman–Crippen LogP) is 3.42. The smallest absolute Gasteiger partial charge is 0.358 e. The van der Waals surface area contributed by atoms with E-state index in [0.717, 1.165) is 17.2 Å². The van der Waals surface area contributed by atoms with Gasteiger partial charge in [0.05, 0.1) is 29.1 Å². The summed E-state index contributed by atoms with van der Waals surface area (Å²) in [5.41, 5.74) is 2.06. The Morgan fingerprint density at radius 2 is 1.55 bits per heavy atom. The number of aromatic carboxylic acids is 2. The molecule has 0 spiro atoms. The van der Waals surface area contributed by atoms with Crippen LogP contribution >= 0.6 is 0 Å². The van der Waals surface area contributed by atoms with Crippen molar-refractivity contribution in [2.24, 2.45) is 0 Å². The monoisotopic (exact) mass is 394 g/mol. The van der Waals surface area contributed by atoms with Crippen molar-refractivity contribution < 1.29 is 29.3 Å². The Morgan fingerprint density at radius 1 is 0.966 bits per heavy atom. The second-order valence-electron chi connectivity index (χ2n) is 6.29. The molecular weight excluding hydrogens is 376 g/mol. The average Bonchev–Trinajstić information content (AvgIpc) is 3.14. The molecule has 0 saturated carbocycles. The fraction of sp³-hybridized carbons (Fsp3) is 0.143. The summed E-state index contributed by atoms with van der Waals surface area (Å²) in [6.07, 6.45) is 0. The molecule has 1 heterocycles. The Labute approximate surface area is 166 Å². The van der Waals surface area contributed by atoms with E-state index < -0.39 is 17.9 Å². The summed E-state index contributed by atoms with van der Waals surface area (Å²) in [5, 5.41) is 22.9. The van der Waals surface area contributed by atoms with E-state index >= 15 is 0 Å². The van der Waals surface area contributed by atoms with Crippen molar-refractivity contribution in [3.05, 3.63) is 70.9 Å². The van der Waals surface area contributed by atoms with Crippen molar-refractivity contribution in [2.75, 3.05) is 6.61 Å². The van der Waals surface area contributed by atoms with Crippen LogP contribution in [0, 0.1) is 6.92 Å². The normalized spacial score (nSPS) is 10.6. The van der Waals surface area contributed by atoms with E-state index in [2.05, 4.69) is 5.10 Å². The first kappa shape index (κ1) is 19.8. The molecule has 0 amide bonds. The number of ether oxygens (including phenoxy) is 1. The minimum absolute atomic E-state index is 0.0278. The van der Waals surface area contributed by atoms with Crippen LogP contribution in [0.3, 0.4) is 0 Å². The molecule has 0 saturated heterocycles. The Morgan fingerprint density at radius 3 is 2.07 bits per heavy atom. The van der Waals surface area contributed by atoms with Gasteiger partial charge in [-0.2, -0.15) is 5.10 Å². The van der Waals surface area contributed by atoms with Crippen molar-refractivity contribution in [2.45, 2.75) is 13.8 Å².